The summed E-state index contributed by atoms with van der Waals surface area (Å²) >= 11 is 0. The number of halogens is 4. The van der Waals surface area contributed by atoms with Crippen LogP contribution in [0.5, 0.6) is 5.75 Å². The number of carbonyl (C=O) groups excluding carboxylic acids is 2. The highest BCUT2D eigenvalue weighted by atomic mass is 32.2. The number of benzene rings is 3. The van der Waals surface area contributed by atoms with Gasteiger partial charge in [0.2, 0.25) is 11.8 Å². The number of nitrogens with zero attached hydrogens (tertiary/aromatic N) is 4. The first-order chi connectivity index (χ1) is 25.4. The number of fused-ring (bicyclic) bond motifs is 1. The third-order valence-electron chi connectivity index (χ3n) is 7.90. The van der Waals surface area contributed by atoms with E-state index in [0.29, 0.717) is 35.6 Å². The van der Waals surface area contributed by atoms with Crippen molar-refractivity contribution in [3.05, 3.63) is 96.4 Å². The van der Waals surface area contributed by atoms with Gasteiger partial charge in [0.1, 0.15) is 11.6 Å². The van der Waals surface area contributed by atoms with Gasteiger partial charge < -0.3 is 20.5 Å². The molecule has 54 heavy (non-hydrogen) atoms. The van der Waals surface area contributed by atoms with E-state index in [-0.39, 0.29) is 40.6 Å². The monoisotopic (exact) mass is 772 g/mol. The lowest BCUT2D eigenvalue weighted by Crippen LogP contribution is -2.28. The van der Waals surface area contributed by atoms with Crippen LogP contribution in [0.1, 0.15) is 31.2 Å². The highest BCUT2D eigenvalue weighted by molar-refractivity contribution is 7.90. The van der Waals surface area contributed by atoms with Crippen molar-refractivity contribution < 1.29 is 50.2 Å². The summed E-state index contributed by atoms with van der Waals surface area (Å²) in [5.41, 5.74) is 3.79. The number of alkyl halides is 3. The van der Waals surface area contributed by atoms with Crippen molar-refractivity contribution in [2.75, 3.05) is 37.2 Å². The number of nitrogens with one attached hydrogen (secondary N) is 2. The van der Waals surface area contributed by atoms with Gasteiger partial charge in [-0.15, -0.1) is 5.10 Å². The highest BCUT2D eigenvalue weighted by Gasteiger charge is 2.38. The van der Waals surface area contributed by atoms with E-state index in [2.05, 4.69) is 20.7 Å². The minimum atomic E-state index is -5.08. The number of ether oxygens (including phenoxy) is 1. The van der Waals surface area contributed by atoms with Crippen molar-refractivity contribution in [2.45, 2.75) is 36.8 Å². The van der Waals surface area contributed by atoms with Crippen molar-refractivity contribution in [2.24, 2.45) is 0 Å². The summed E-state index contributed by atoms with van der Waals surface area (Å²) in [5.74, 6) is -3.78. The van der Waals surface area contributed by atoms with Gasteiger partial charge in [0, 0.05) is 36.2 Å². The largest absolute Gasteiger partial charge is 0.495 e. The smallest absolute Gasteiger partial charge is 0.490 e. The van der Waals surface area contributed by atoms with Crippen molar-refractivity contribution in [3.63, 3.8) is 0 Å². The van der Waals surface area contributed by atoms with E-state index in [1.165, 1.54) is 42.3 Å². The maximum Gasteiger partial charge on any atom is 0.490 e. The first-order valence-electron chi connectivity index (χ1n) is 16.1. The molecule has 2 heterocycles. The van der Waals surface area contributed by atoms with Gasteiger partial charge in [0.25, 0.3) is 5.95 Å². The molecule has 5 rings (SSSR count). The first-order valence-corrected chi connectivity index (χ1v) is 18.0. The van der Waals surface area contributed by atoms with E-state index in [4.69, 9.17) is 14.6 Å². The summed E-state index contributed by atoms with van der Waals surface area (Å²) in [6, 6.07) is 21.1. The Kier molecular flexibility index (Phi) is 13.1. The second-order valence-electron chi connectivity index (χ2n) is 11.8. The van der Waals surface area contributed by atoms with Crippen molar-refractivity contribution in [1.82, 2.24) is 19.9 Å². The molecule has 0 aliphatic rings. The number of hydrogen-bond donors (Lipinski definition) is 3. The van der Waals surface area contributed by atoms with E-state index in [9.17, 15) is 35.6 Å². The maximum absolute atomic E-state index is 13.6. The molecule has 2 aromatic heterocycles. The molecular formula is C36H36F4N6O7S. The number of amides is 2. The average Bonchev–Trinajstić information content (AvgIpc) is 3.54. The summed E-state index contributed by atoms with van der Waals surface area (Å²) in [6.45, 7) is 2.39. The molecule has 3 N–H and O–H groups in total. The van der Waals surface area contributed by atoms with Crippen LogP contribution >= 0.6 is 0 Å². The Morgan fingerprint density at radius 2 is 1.61 bits per heavy atom. The van der Waals surface area contributed by atoms with E-state index >= 15 is 0 Å². The van der Waals surface area contributed by atoms with Gasteiger partial charge in [-0.3, -0.25) is 9.59 Å². The third kappa shape index (κ3) is 10.4. The van der Waals surface area contributed by atoms with Crippen LogP contribution < -0.4 is 20.3 Å². The van der Waals surface area contributed by atoms with Gasteiger partial charge in [-0.2, -0.15) is 18.2 Å². The fourth-order valence-electron chi connectivity index (χ4n) is 4.99. The Morgan fingerprint density at radius 3 is 2.19 bits per heavy atom. The number of carboxylic acids is 1. The molecule has 286 valence electrons. The van der Waals surface area contributed by atoms with E-state index < -0.39 is 27.9 Å². The molecule has 0 aliphatic heterocycles. The number of pyridine rings is 1. The topological polar surface area (TPSA) is 172 Å². The standard InChI is InChI=1S/C34H35FN6O5S.C2HF3O2/c1-22(23-7-12-26(35)13-8-23)33(43)37-27-14-9-24(10-15-27)25-11-18-31-38-34(39-40(31)21-25)41(32(42)6-5-19-36-2)29-17-16-28(47(4,44)45)20-30(29)46-3;3-2(4,5)1(6)7/h7-18,20-22,36H,5-6,19H2,1-4H3,(H,37,43);(H,6,7)/t22-;/m1./s1. The Hall–Kier alpha value is -5.88. The number of aliphatic carboxylic acids is 1. The van der Waals surface area contributed by atoms with Gasteiger partial charge in [0.15, 0.2) is 15.5 Å². The molecule has 0 radical (unpaired) electrons. The quantitative estimate of drug-likeness (QED) is 0.101. The first kappa shape index (κ1) is 40.9. The van der Waals surface area contributed by atoms with E-state index in [1.54, 1.807) is 55.0 Å². The molecule has 0 bridgehead atoms. The minimum Gasteiger partial charge on any atom is -0.495 e. The molecule has 0 spiro atoms. The Labute approximate surface area is 307 Å². The summed E-state index contributed by atoms with van der Waals surface area (Å²) in [6.07, 6.45) is -1.45. The number of carbonyl (C=O) groups is 3. The number of sulfone groups is 1. The van der Waals surface area contributed by atoms with E-state index in [1.807, 2.05) is 18.2 Å². The van der Waals surface area contributed by atoms with Gasteiger partial charge in [-0.1, -0.05) is 24.3 Å². The van der Waals surface area contributed by atoms with Crippen LogP contribution in [0.25, 0.3) is 16.8 Å². The zero-order valence-corrected chi connectivity index (χ0v) is 30.2. The molecule has 1 atom stereocenters. The van der Waals surface area contributed by atoms with Gasteiger partial charge in [-0.25, -0.2) is 27.0 Å². The Bertz CT molecular complexity index is 2230. The van der Waals surface area contributed by atoms with E-state index in [0.717, 1.165) is 17.4 Å². The second-order valence-corrected chi connectivity index (χ2v) is 13.8. The number of hydrogen-bond acceptors (Lipinski definition) is 9. The van der Waals surface area contributed by atoms with Crippen LogP contribution in [-0.2, 0) is 24.2 Å². The number of rotatable bonds is 12. The van der Waals surface area contributed by atoms with Crippen LogP contribution in [0.4, 0.5) is 34.9 Å². The average molecular weight is 773 g/mol. The molecule has 0 saturated carbocycles. The molecule has 0 fully saturated rings. The normalized spacial score (nSPS) is 12.0. The Balaban J connectivity index is 0.000000845. The lowest BCUT2D eigenvalue weighted by molar-refractivity contribution is -0.192. The van der Waals surface area contributed by atoms with Crippen molar-refractivity contribution in [3.8, 4) is 16.9 Å². The highest BCUT2D eigenvalue weighted by Crippen LogP contribution is 2.35. The van der Waals surface area contributed by atoms with Crippen LogP contribution in [-0.4, -0.2) is 79.0 Å². The van der Waals surface area contributed by atoms with Crippen molar-refractivity contribution >= 4 is 50.6 Å². The molecule has 2 amide bonds. The molecular weight excluding hydrogens is 736 g/mol. The molecule has 18 heteroatoms. The summed E-state index contributed by atoms with van der Waals surface area (Å²) < 4.78 is 76.5. The minimum absolute atomic E-state index is 0.0567. The van der Waals surface area contributed by atoms with Gasteiger partial charge in [-0.05, 0) is 86.6 Å². The number of methoxy groups -OCH3 is 1. The zero-order chi connectivity index (χ0) is 39.8. The van der Waals surface area contributed by atoms with Crippen molar-refractivity contribution in [1.29, 1.82) is 0 Å². The van der Waals surface area contributed by atoms with Crippen LogP contribution in [0, 0.1) is 5.82 Å². The predicted molar refractivity (Wildman–Crippen MR) is 192 cm³/mol. The molecule has 0 saturated heterocycles. The molecule has 13 nitrogen and oxygen atoms in total. The SMILES string of the molecule is CNCCCC(=O)N(c1nc2ccc(-c3ccc(NC(=O)[C@H](C)c4ccc(F)cc4)cc3)cn2n1)c1ccc(S(C)(=O)=O)cc1OC.O=C(O)C(F)(F)F. The van der Waals surface area contributed by atoms with Crippen LogP contribution in [0.3, 0.4) is 0 Å². The lowest BCUT2D eigenvalue weighted by atomic mass is 10.00. The van der Waals surface area contributed by atoms with Crippen LogP contribution in [0.15, 0.2) is 90.0 Å². The number of carboxylic acid groups (broad SMARTS) is 1. The third-order valence-corrected chi connectivity index (χ3v) is 9.01. The maximum atomic E-state index is 13.6. The Morgan fingerprint density at radius 1 is 0.981 bits per heavy atom. The molecule has 0 unspecified atom stereocenters. The number of anilines is 3. The fraction of sp³-hybridized carbons (Fsp3) is 0.250. The number of aromatic nitrogens is 3. The van der Waals surface area contributed by atoms with Crippen LogP contribution in [0.2, 0.25) is 0 Å². The summed E-state index contributed by atoms with van der Waals surface area (Å²) in [7, 11) is -0.311. The lowest BCUT2D eigenvalue weighted by Gasteiger charge is -2.22. The summed E-state index contributed by atoms with van der Waals surface area (Å²) in [4.78, 5) is 41.3. The fourth-order valence-corrected chi connectivity index (χ4v) is 5.63. The zero-order valence-electron chi connectivity index (χ0n) is 29.4. The molecule has 3 aromatic carbocycles. The van der Waals surface area contributed by atoms with Gasteiger partial charge in [0.05, 0.1) is 23.6 Å². The summed E-state index contributed by atoms with van der Waals surface area (Å²) in [5, 5.41) is 17.7. The van der Waals surface area contributed by atoms with Gasteiger partial charge >= 0.3 is 12.1 Å². The molecule has 0 aliphatic carbocycles. The predicted octanol–water partition coefficient (Wildman–Crippen LogP) is 5.99. The molecule has 5 aromatic rings. The second kappa shape index (κ2) is 17.3.